The molecule has 30 heavy (non-hydrogen) atoms. The second-order valence-electron chi connectivity index (χ2n) is 7.03. The fraction of sp³-hybridized carbons (Fsp3) is 0.524. The van der Waals surface area contributed by atoms with E-state index in [-0.39, 0.29) is 6.61 Å². The van der Waals surface area contributed by atoms with Crippen molar-refractivity contribution < 1.29 is 42.9 Å². The maximum Gasteiger partial charge on any atom is 0.303 e. The molecule has 1 heterocycles. The van der Waals surface area contributed by atoms with E-state index in [0.29, 0.717) is 5.56 Å². The zero-order chi connectivity index (χ0) is 22.4. The molecule has 0 bridgehead atoms. The summed E-state index contributed by atoms with van der Waals surface area (Å²) in [6.45, 7) is 6.47. The van der Waals surface area contributed by atoms with Gasteiger partial charge in [0.1, 0.15) is 18.8 Å². The smallest absolute Gasteiger partial charge is 0.303 e. The monoisotopic (exact) mass is 422 g/mol. The van der Waals surface area contributed by atoms with Crippen LogP contribution in [0, 0.1) is 6.92 Å². The highest BCUT2D eigenvalue weighted by Gasteiger charge is 2.52. The summed E-state index contributed by atoms with van der Waals surface area (Å²) in [6, 6.07) is 7.28. The summed E-state index contributed by atoms with van der Waals surface area (Å²) in [7, 11) is 0. The van der Waals surface area contributed by atoms with Crippen molar-refractivity contribution in [3.63, 3.8) is 0 Å². The van der Waals surface area contributed by atoms with Gasteiger partial charge in [-0.3, -0.25) is 19.2 Å². The minimum absolute atomic E-state index is 0.250. The SMILES string of the molecule is CC(=O)OC[C@H]1O[C@@H](c2ccc(C)cc2)[C@H](OC(C)=O)[C@@H](OC(C)=O)[C@@H]1OC(C)=O. The first-order valence-electron chi connectivity index (χ1n) is 9.45. The van der Waals surface area contributed by atoms with Crippen molar-refractivity contribution in [2.45, 2.75) is 65.1 Å². The second kappa shape index (κ2) is 10.2. The van der Waals surface area contributed by atoms with Gasteiger partial charge < -0.3 is 23.7 Å². The summed E-state index contributed by atoms with van der Waals surface area (Å²) >= 11 is 0. The van der Waals surface area contributed by atoms with Gasteiger partial charge in [-0.2, -0.15) is 0 Å². The maximum absolute atomic E-state index is 11.8. The molecule has 0 amide bonds. The Morgan fingerprint density at radius 1 is 0.767 bits per heavy atom. The van der Waals surface area contributed by atoms with Crippen LogP contribution < -0.4 is 0 Å². The number of rotatable bonds is 6. The fourth-order valence-corrected chi connectivity index (χ4v) is 3.25. The van der Waals surface area contributed by atoms with Crippen LogP contribution in [0.5, 0.6) is 0 Å². The first kappa shape index (κ1) is 23.3. The lowest BCUT2D eigenvalue weighted by atomic mass is 9.90. The summed E-state index contributed by atoms with van der Waals surface area (Å²) < 4.78 is 27.3. The Bertz CT molecular complexity index is 786. The molecule has 1 aliphatic rings. The lowest BCUT2D eigenvalue weighted by Crippen LogP contribution is -2.59. The lowest BCUT2D eigenvalue weighted by molar-refractivity contribution is -0.254. The molecular weight excluding hydrogens is 396 g/mol. The van der Waals surface area contributed by atoms with E-state index in [9.17, 15) is 19.2 Å². The molecular formula is C21H26O9. The zero-order valence-corrected chi connectivity index (χ0v) is 17.6. The van der Waals surface area contributed by atoms with Crippen LogP contribution in [0.4, 0.5) is 0 Å². The first-order valence-corrected chi connectivity index (χ1v) is 9.45. The molecule has 0 aliphatic carbocycles. The van der Waals surface area contributed by atoms with Crippen molar-refractivity contribution in [2.75, 3.05) is 6.61 Å². The van der Waals surface area contributed by atoms with Crippen LogP contribution >= 0.6 is 0 Å². The maximum atomic E-state index is 11.8. The Morgan fingerprint density at radius 3 is 1.77 bits per heavy atom. The Hall–Kier alpha value is -2.94. The Labute approximate surface area is 174 Å². The average Bonchev–Trinajstić information content (AvgIpc) is 2.63. The van der Waals surface area contributed by atoms with Gasteiger partial charge in [0.2, 0.25) is 0 Å². The number of ether oxygens (including phenoxy) is 5. The second-order valence-corrected chi connectivity index (χ2v) is 7.03. The van der Waals surface area contributed by atoms with Crippen LogP contribution in [0.1, 0.15) is 44.9 Å². The number of esters is 4. The molecule has 1 aliphatic heterocycles. The largest absolute Gasteiger partial charge is 0.463 e. The zero-order valence-electron chi connectivity index (χ0n) is 17.6. The number of hydrogen-bond acceptors (Lipinski definition) is 9. The van der Waals surface area contributed by atoms with Crippen LogP contribution in [-0.2, 0) is 42.9 Å². The molecule has 9 heteroatoms. The van der Waals surface area contributed by atoms with Crippen LogP contribution in [0.25, 0.3) is 0 Å². The highest BCUT2D eigenvalue weighted by atomic mass is 16.7. The van der Waals surface area contributed by atoms with Gasteiger partial charge in [-0.15, -0.1) is 0 Å². The number of hydrogen-bond donors (Lipinski definition) is 0. The van der Waals surface area contributed by atoms with E-state index < -0.39 is 54.4 Å². The third-order valence-corrected chi connectivity index (χ3v) is 4.40. The Kier molecular flexibility index (Phi) is 7.93. The molecule has 5 atom stereocenters. The van der Waals surface area contributed by atoms with Gasteiger partial charge in [-0.1, -0.05) is 29.8 Å². The topological polar surface area (TPSA) is 114 Å². The van der Waals surface area contributed by atoms with Gasteiger partial charge in [0, 0.05) is 27.7 Å². The van der Waals surface area contributed by atoms with Crippen molar-refractivity contribution in [1.29, 1.82) is 0 Å². The minimum Gasteiger partial charge on any atom is -0.463 e. The van der Waals surface area contributed by atoms with E-state index in [0.717, 1.165) is 5.56 Å². The van der Waals surface area contributed by atoms with Crippen molar-refractivity contribution in [3.8, 4) is 0 Å². The predicted octanol–water partition coefficient (Wildman–Crippen LogP) is 1.79. The van der Waals surface area contributed by atoms with Gasteiger partial charge in [0.05, 0.1) is 0 Å². The molecule has 1 aromatic carbocycles. The van der Waals surface area contributed by atoms with E-state index >= 15 is 0 Å². The van der Waals surface area contributed by atoms with Gasteiger partial charge in [0.15, 0.2) is 18.3 Å². The molecule has 0 aromatic heterocycles. The molecule has 0 spiro atoms. The number of benzene rings is 1. The third kappa shape index (κ3) is 6.28. The first-order chi connectivity index (χ1) is 14.1. The summed E-state index contributed by atoms with van der Waals surface area (Å²) in [5, 5.41) is 0. The molecule has 164 valence electrons. The van der Waals surface area contributed by atoms with E-state index in [1.165, 1.54) is 27.7 Å². The molecule has 9 nitrogen and oxygen atoms in total. The molecule has 2 rings (SSSR count). The van der Waals surface area contributed by atoms with Crippen LogP contribution in [0.3, 0.4) is 0 Å². The van der Waals surface area contributed by atoms with Gasteiger partial charge in [0.25, 0.3) is 0 Å². The highest BCUT2D eigenvalue weighted by Crippen LogP contribution is 2.37. The molecule has 0 unspecified atom stereocenters. The van der Waals surface area contributed by atoms with Gasteiger partial charge >= 0.3 is 23.9 Å². The third-order valence-electron chi connectivity index (χ3n) is 4.40. The number of aryl methyl sites for hydroxylation is 1. The van der Waals surface area contributed by atoms with Crippen molar-refractivity contribution in [3.05, 3.63) is 35.4 Å². The highest BCUT2D eigenvalue weighted by molar-refractivity contribution is 5.68. The summed E-state index contributed by atoms with van der Waals surface area (Å²) in [5.41, 5.74) is 1.66. The van der Waals surface area contributed by atoms with Gasteiger partial charge in [-0.25, -0.2) is 0 Å². The number of carbonyl (C=O) groups is 4. The van der Waals surface area contributed by atoms with Crippen LogP contribution in [0.15, 0.2) is 24.3 Å². The molecule has 1 aromatic rings. The fourth-order valence-electron chi connectivity index (χ4n) is 3.25. The standard InChI is InChI=1S/C21H26O9/c1-11-6-8-16(9-7-11)18-20(28-14(4)24)21(29-15(5)25)19(27-13(3)23)17(30-18)10-26-12(2)22/h6-9,17-21H,10H2,1-5H3/t17-,18+,19-,20+,21+/m1/s1. The van der Waals surface area contributed by atoms with E-state index in [1.54, 1.807) is 12.1 Å². The van der Waals surface area contributed by atoms with E-state index in [1.807, 2.05) is 19.1 Å². The van der Waals surface area contributed by atoms with Gasteiger partial charge in [-0.05, 0) is 12.5 Å². The average molecular weight is 422 g/mol. The Balaban J connectivity index is 2.51. The van der Waals surface area contributed by atoms with Crippen molar-refractivity contribution in [2.24, 2.45) is 0 Å². The molecule has 0 radical (unpaired) electrons. The van der Waals surface area contributed by atoms with Crippen molar-refractivity contribution in [1.82, 2.24) is 0 Å². The van der Waals surface area contributed by atoms with E-state index in [2.05, 4.69) is 0 Å². The predicted molar refractivity (Wildman–Crippen MR) is 102 cm³/mol. The minimum atomic E-state index is -1.17. The molecule has 1 fully saturated rings. The summed E-state index contributed by atoms with van der Waals surface area (Å²) in [6.07, 6.45) is -5.23. The van der Waals surface area contributed by atoms with Crippen molar-refractivity contribution >= 4 is 23.9 Å². The molecule has 0 saturated carbocycles. The quantitative estimate of drug-likeness (QED) is 0.500. The normalized spacial score (nSPS) is 25.7. The van der Waals surface area contributed by atoms with Crippen LogP contribution in [-0.4, -0.2) is 54.9 Å². The summed E-state index contributed by atoms with van der Waals surface area (Å²) in [4.78, 5) is 46.7. The lowest BCUT2D eigenvalue weighted by Gasteiger charge is -2.44. The molecule has 0 N–H and O–H groups in total. The van der Waals surface area contributed by atoms with E-state index in [4.69, 9.17) is 23.7 Å². The van der Waals surface area contributed by atoms with Crippen LogP contribution in [0.2, 0.25) is 0 Å². The summed E-state index contributed by atoms with van der Waals surface area (Å²) in [5.74, 6) is -2.51. The number of carbonyl (C=O) groups excluding carboxylic acids is 4. The Morgan fingerprint density at radius 2 is 1.27 bits per heavy atom. The molecule has 1 saturated heterocycles.